The molecule has 1 heterocycles. The number of carbonyl (C=O) groups excluding carboxylic acids is 1. The van der Waals surface area contributed by atoms with E-state index in [0.29, 0.717) is 0 Å². The first-order valence-corrected chi connectivity index (χ1v) is 7.87. The highest BCUT2D eigenvalue weighted by Crippen LogP contribution is 2.37. The van der Waals surface area contributed by atoms with Crippen LogP contribution < -0.4 is 5.32 Å². The monoisotopic (exact) mass is 312 g/mol. The van der Waals surface area contributed by atoms with Gasteiger partial charge in [0.25, 0.3) is 0 Å². The van der Waals surface area contributed by atoms with E-state index < -0.39 is 0 Å². The zero-order chi connectivity index (χ0) is 16.5. The maximum atomic E-state index is 11.7. The fourth-order valence-electron chi connectivity index (χ4n) is 3.14. The van der Waals surface area contributed by atoms with Crippen molar-refractivity contribution in [1.29, 1.82) is 0 Å². The highest BCUT2D eigenvalue weighted by atomic mass is 16.1. The fraction of sp³-hybridized carbons (Fsp3) is 0.0476. The highest BCUT2D eigenvalue weighted by Gasteiger charge is 2.14. The molecular formula is C21H16N2O. The minimum absolute atomic E-state index is 0.0910. The summed E-state index contributed by atoms with van der Waals surface area (Å²) in [6.07, 6.45) is 1.82. The summed E-state index contributed by atoms with van der Waals surface area (Å²) in [5.74, 6) is -0.0910. The van der Waals surface area contributed by atoms with Crippen LogP contribution in [-0.2, 0) is 4.79 Å². The van der Waals surface area contributed by atoms with Gasteiger partial charge in [0.1, 0.15) is 0 Å². The van der Waals surface area contributed by atoms with Crippen molar-refractivity contribution in [3.05, 3.63) is 72.9 Å². The van der Waals surface area contributed by atoms with Crippen LogP contribution in [0, 0.1) is 0 Å². The minimum Gasteiger partial charge on any atom is -0.326 e. The SMILES string of the molecule is CC(=O)Nc1ccc2ccccc2c1-c1nccc2ccccc12. The molecule has 0 radical (unpaired) electrons. The molecule has 1 N–H and O–H groups in total. The Morgan fingerprint density at radius 2 is 1.50 bits per heavy atom. The van der Waals surface area contributed by atoms with Crippen LogP contribution in [0.1, 0.15) is 6.92 Å². The molecule has 0 saturated carbocycles. The van der Waals surface area contributed by atoms with E-state index in [1.54, 1.807) is 0 Å². The number of nitrogens with zero attached hydrogens (tertiary/aromatic N) is 1. The molecular weight excluding hydrogens is 296 g/mol. The molecule has 1 amide bonds. The van der Waals surface area contributed by atoms with Crippen molar-refractivity contribution >= 4 is 33.1 Å². The standard InChI is InChI=1S/C21H16N2O/c1-14(24)23-19-11-10-15-6-2-4-8-17(15)20(19)21-18-9-5-3-7-16(18)12-13-22-21/h2-13H,1H3,(H,23,24). The van der Waals surface area contributed by atoms with E-state index in [-0.39, 0.29) is 5.91 Å². The summed E-state index contributed by atoms with van der Waals surface area (Å²) in [6, 6.07) is 22.3. The lowest BCUT2D eigenvalue weighted by Crippen LogP contribution is -2.07. The molecule has 0 aliphatic rings. The lowest BCUT2D eigenvalue weighted by molar-refractivity contribution is -0.114. The number of pyridine rings is 1. The Hall–Kier alpha value is -3.20. The van der Waals surface area contributed by atoms with Gasteiger partial charge in [-0.05, 0) is 28.3 Å². The number of rotatable bonds is 2. The summed E-state index contributed by atoms with van der Waals surface area (Å²) >= 11 is 0. The fourth-order valence-corrected chi connectivity index (χ4v) is 3.14. The molecule has 1 aromatic heterocycles. The van der Waals surface area contributed by atoms with Gasteiger partial charge in [0.05, 0.1) is 11.4 Å². The molecule has 0 unspecified atom stereocenters. The number of carbonyl (C=O) groups is 1. The second-order valence-corrected chi connectivity index (χ2v) is 5.77. The first-order valence-electron chi connectivity index (χ1n) is 7.87. The number of benzene rings is 3. The van der Waals surface area contributed by atoms with E-state index in [1.807, 2.05) is 48.7 Å². The molecule has 3 aromatic carbocycles. The summed E-state index contributed by atoms with van der Waals surface area (Å²) < 4.78 is 0. The molecule has 24 heavy (non-hydrogen) atoms. The van der Waals surface area contributed by atoms with Crippen molar-refractivity contribution in [3.63, 3.8) is 0 Å². The predicted octanol–water partition coefficient (Wildman–Crippen LogP) is 5.01. The third kappa shape index (κ3) is 2.40. The van der Waals surface area contributed by atoms with E-state index in [1.165, 1.54) is 6.92 Å². The summed E-state index contributed by atoms with van der Waals surface area (Å²) in [6.45, 7) is 1.52. The number of anilines is 1. The third-order valence-corrected chi connectivity index (χ3v) is 4.15. The van der Waals surface area contributed by atoms with E-state index >= 15 is 0 Å². The van der Waals surface area contributed by atoms with E-state index in [0.717, 1.165) is 38.5 Å². The Labute approximate surface area is 140 Å². The number of hydrogen-bond acceptors (Lipinski definition) is 2. The highest BCUT2D eigenvalue weighted by molar-refractivity contribution is 6.10. The zero-order valence-corrected chi connectivity index (χ0v) is 13.3. The molecule has 3 heteroatoms. The van der Waals surface area contributed by atoms with Gasteiger partial charge in [0, 0.05) is 24.1 Å². The van der Waals surface area contributed by atoms with Gasteiger partial charge in [-0.25, -0.2) is 0 Å². The van der Waals surface area contributed by atoms with Crippen molar-refractivity contribution in [2.45, 2.75) is 6.92 Å². The quantitative estimate of drug-likeness (QED) is 0.565. The number of nitrogens with one attached hydrogen (secondary N) is 1. The summed E-state index contributed by atoms with van der Waals surface area (Å²) in [4.78, 5) is 16.3. The van der Waals surface area contributed by atoms with Gasteiger partial charge >= 0.3 is 0 Å². The van der Waals surface area contributed by atoms with Gasteiger partial charge in [0.2, 0.25) is 5.91 Å². The van der Waals surface area contributed by atoms with Gasteiger partial charge in [-0.15, -0.1) is 0 Å². The van der Waals surface area contributed by atoms with Crippen LogP contribution in [0.3, 0.4) is 0 Å². The van der Waals surface area contributed by atoms with Crippen LogP contribution in [0.25, 0.3) is 32.8 Å². The number of aromatic nitrogens is 1. The van der Waals surface area contributed by atoms with Crippen molar-refractivity contribution in [2.75, 3.05) is 5.32 Å². The summed E-state index contributed by atoms with van der Waals surface area (Å²) in [7, 11) is 0. The average molecular weight is 312 g/mol. The van der Waals surface area contributed by atoms with Gasteiger partial charge in [-0.2, -0.15) is 0 Å². The maximum absolute atomic E-state index is 11.7. The molecule has 0 aliphatic carbocycles. The summed E-state index contributed by atoms with van der Waals surface area (Å²) in [5, 5.41) is 7.35. The largest absolute Gasteiger partial charge is 0.326 e. The predicted molar refractivity (Wildman–Crippen MR) is 99.0 cm³/mol. The first kappa shape index (κ1) is 14.4. The van der Waals surface area contributed by atoms with Crippen molar-refractivity contribution < 1.29 is 4.79 Å². The van der Waals surface area contributed by atoms with Gasteiger partial charge in [-0.3, -0.25) is 9.78 Å². The second kappa shape index (κ2) is 5.78. The van der Waals surface area contributed by atoms with Gasteiger partial charge in [0.15, 0.2) is 0 Å². The molecule has 0 bridgehead atoms. The van der Waals surface area contributed by atoms with Crippen molar-refractivity contribution in [2.24, 2.45) is 0 Å². The van der Waals surface area contributed by atoms with Gasteiger partial charge < -0.3 is 5.32 Å². The number of fused-ring (bicyclic) bond motifs is 2. The molecule has 0 fully saturated rings. The Kier molecular flexibility index (Phi) is 3.47. The normalized spacial score (nSPS) is 10.9. The Bertz CT molecular complexity index is 1060. The van der Waals surface area contributed by atoms with Crippen molar-refractivity contribution in [1.82, 2.24) is 4.98 Å². The molecule has 116 valence electrons. The number of hydrogen-bond donors (Lipinski definition) is 1. The Morgan fingerprint density at radius 1 is 0.833 bits per heavy atom. The average Bonchev–Trinajstić information content (AvgIpc) is 2.61. The van der Waals surface area contributed by atoms with Gasteiger partial charge in [-0.1, -0.05) is 54.6 Å². The van der Waals surface area contributed by atoms with Crippen LogP contribution in [-0.4, -0.2) is 10.9 Å². The molecule has 0 aliphatic heterocycles. The van der Waals surface area contributed by atoms with Crippen LogP contribution in [0.15, 0.2) is 72.9 Å². The van der Waals surface area contributed by atoms with E-state index in [4.69, 9.17) is 0 Å². The Balaban J connectivity index is 2.12. The van der Waals surface area contributed by atoms with Crippen molar-refractivity contribution in [3.8, 4) is 11.3 Å². The van der Waals surface area contributed by atoms with Crippen LogP contribution >= 0.6 is 0 Å². The number of amides is 1. The smallest absolute Gasteiger partial charge is 0.221 e. The lowest BCUT2D eigenvalue weighted by Gasteiger charge is -2.15. The first-order chi connectivity index (χ1) is 11.7. The van der Waals surface area contributed by atoms with Crippen LogP contribution in [0.4, 0.5) is 5.69 Å². The van der Waals surface area contributed by atoms with E-state index in [9.17, 15) is 4.79 Å². The lowest BCUT2D eigenvalue weighted by atomic mass is 9.96. The third-order valence-electron chi connectivity index (χ3n) is 4.15. The molecule has 4 rings (SSSR count). The van der Waals surface area contributed by atoms with E-state index in [2.05, 4.69) is 34.6 Å². The topological polar surface area (TPSA) is 42.0 Å². The Morgan fingerprint density at radius 3 is 2.25 bits per heavy atom. The maximum Gasteiger partial charge on any atom is 0.221 e. The second-order valence-electron chi connectivity index (χ2n) is 5.77. The van der Waals surface area contributed by atoms with Crippen LogP contribution in [0.5, 0.6) is 0 Å². The molecule has 0 saturated heterocycles. The molecule has 3 nitrogen and oxygen atoms in total. The molecule has 0 atom stereocenters. The van der Waals surface area contributed by atoms with Crippen LogP contribution in [0.2, 0.25) is 0 Å². The zero-order valence-electron chi connectivity index (χ0n) is 13.3. The minimum atomic E-state index is -0.0910. The molecule has 0 spiro atoms. The summed E-state index contributed by atoms with van der Waals surface area (Å²) in [5.41, 5.74) is 2.62. The molecule has 4 aromatic rings.